The van der Waals surface area contributed by atoms with Gasteiger partial charge in [0.15, 0.2) is 0 Å². The first-order chi connectivity index (χ1) is 9.39. The maximum atomic E-state index is 12.0. The Balaban J connectivity index is 2.74. The zero-order chi connectivity index (χ0) is 15.2. The van der Waals surface area contributed by atoms with E-state index in [1.165, 1.54) is 18.0 Å². The lowest BCUT2D eigenvalue weighted by atomic mass is 10.4. The summed E-state index contributed by atoms with van der Waals surface area (Å²) in [7, 11) is -2.44. The molecular weight excluding hydrogens is 290 g/mol. The molecule has 1 rings (SSSR count). The highest BCUT2D eigenvalue weighted by Gasteiger charge is 2.21. The van der Waals surface area contributed by atoms with E-state index in [9.17, 15) is 13.2 Å². The number of sulfonamides is 1. The van der Waals surface area contributed by atoms with Crippen molar-refractivity contribution in [3.05, 3.63) is 12.4 Å². The summed E-state index contributed by atoms with van der Waals surface area (Å²) in [4.78, 5) is 10.3. The number of aliphatic hydroxyl groups excluding tert-OH is 1. The second kappa shape index (κ2) is 7.33. The topological polar surface area (TPSA) is 131 Å². The maximum absolute atomic E-state index is 12.0. The van der Waals surface area contributed by atoms with Crippen molar-refractivity contribution in [2.45, 2.75) is 23.9 Å². The Bertz CT molecular complexity index is 541. The summed E-state index contributed by atoms with van der Waals surface area (Å²) >= 11 is 0. The molecule has 1 heterocycles. The molecule has 0 aromatic carbocycles. The molecule has 0 radical (unpaired) electrons. The largest absolute Gasteiger partial charge is 0.481 e. The molecule has 3 N–H and O–H groups in total. The molecule has 0 bridgehead atoms. The van der Waals surface area contributed by atoms with E-state index in [1.54, 1.807) is 0 Å². The van der Waals surface area contributed by atoms with Crippen molar-refractivity contribution in [2.24, 2.45) is 0 Å². The summed E-state index contributed by atoms with van der Waals surface area (Å²) < 4.78 is 32.2. The number of aliphatic hydroxyl groups is 1. The monoisotopic (exact) mass is 307 g/mol. The zero-order valence-electron chi connectivity index (χ0n) is 10.9. The van der Waals surface area contributed by atoms with Gasteiger partial charge in [-0.3, -0.25) is 9.48 Å². The summed E-state index contributed by atoms with van der Waals surface area (Å²) in [5.74, 6) is -0.997. The Hall–Kier alpha value is -1.49. The van der Waals surface area contributed by atoms with Crippen LogP contribution in [0.1, 0.15) is 6.42 Å². The van der Waals surface area contributed by atoms with Crippen molar-refractivity contribution < 1.29 is 28.2 Å². The quantitative estimate of drug-likeness (QED) is 0.513. The Morgan fingerprint density at radius 1 is 1.60 bits per heavy atom. The number of carboxylic acid groups (broad SMARTS) is 1. The van der Waals surface area contributed by atoms with Crippen molar-refractivity contribution in [1.29, 1.82) is 0 Å². The molecule has 9 nitrogen and oxygen atoms in total. The second-order valence-electron chi connectivity index (χ2n) is 4.04. The average molecular weight is 307 g/mol. The fourth-order valence-corrected chi connectivity index (χ4v) is 2.59. The van der Waals surface area contributed by atoms with Gasteiger partial charge >= 0.3 is 5.97 Å². The summed E-state index contributed by atoms with van der Waals surface area (Å²) in [6.07, 6.45) is 2.19. The van der Waals surface area contributed by atoms with Gasteiger partial charge in [-0.25, -0.2) is 13.1 Å². The van der Waals surface area contributed by atoms with Crippen molar-refractivity contribution in [2.75, 3.05) is 20.3 Å². The third-order valence-electron chi connectivity index (χ3n) is 2.38. The lowest BCUT2D eigenvalue weighted by Crippen LogP contribution is -2.40. The van der Waals surface area contributed by atoms with Gasteiger partial charge in [-0.1, -0.05) is 0 Å². The molecule has 1 atom stereocenters. The number of rotatable bonds is 9. The highest BCUT2D eigenvalue weighted by Crippen LogP contribution is 2.08. The van der Waals surface area contributed by atoms with E-state index in [1.807, 2.05) is 0 Å². The SMILES string of the molecule is COCC(CO)NS(=O)(=O)c1cnn(CCC(=O)O)c1. The number of aryl methyl sites for hydroxylation is 1. The molecule has 0 saturated carbocycles. The molecule has 0 spiro atoms. The fourth-order valence-electron chi connectivity index (χ4n) is 1.43. The predicted molar refractivity (Wildman–Crippen MR) is 67.6 cm³/mol. The van der Waals surface area contributed by atoms with E-state index in [-0.39, 0.29) is 24.5 Å². The predicted octanol–water partition coefficient (Wildman–Crippen LogP) is -1.36. The minimum absolute atomic E-state index is 0.0306. The molecule has 0 aliphatic rings. The first-order valence-corrected chi connectivity index (χ1v) is 7.23. The van der Waals surface area contributed by atoms with Crippen molar-refractivity contribution >= 4 is 16.0 Å². The summed E-state index contributed by atoms with van der Waals surface area (Å²) in [5, 5.41) is 21.3. The molecule has 1 aromatic rings. The van der Waals surface area contributed by atoms with Crippen LogP contribution in [0.15, 0.2) is 17.3 Å². The molecule has 10 heteroatoms. The van der Waals surface area contributed by atoms with Crippen LogP contribution in [-0.2, 0) is 26.1 Å². The minimum Gasteiger partial charge on any atom is -0.481 e. The molecule has 0 fully saturated rings. The molecule has 1 unspecified atom stereocenters. The van der Waals surface area contributed by atoms with Crippen molar-refractivity contribution in [1.82, 2.24) is 14.5 Å². The zero-order valence-corrected chi connectivity index (χ0v) is 11.7. The lowest BCUT2D eigenvalue weighted by Gasteiger charge is -2.14. The number of carboxylic acids is 1. The molecule has 0 amide bonds. The van der Waals surface area contributed by atoms with Gasteiger partial charge in [0.25, 0.3) is 0 Å². The van der Waals surface area contributed by atoms with Crippen molar-refractivity contribution in [3.8, 4) is 0 Å². The van der Waals surface area contributed by atoms with Gasteiger partial charge in [0.05, 0.1) is 38.4 Å². The van der Waals surface area contributed by atoms with Crippen molar-refractivity contribution in [3.63, 3.8) is 0 Å². The lowest BCUT2D eigenvalue weighted by molar-refractivity contribution is -0.137. The molecule has 0 aliphatic heterocycles. The van der Waals surface area contributed by atoms with Gasteiger partial charge < -0.3 is 14.9 Å². The number of nitrogens with zero attached hydrogens (tertiary/aromatic N) is 2. The Morgan fingerprint density at radius 2 is 2.30 bits per heavy atom. The molecule has 0 saturated heterocycles. The third-order valence-corrected chi connectivity index (χ3v) is 3.86. The standard InChI is InChI=1S/C10H17N3O6S/c1-19-7-8(6-14)12-20(17,18)9-4-11-13(5-9)3-2-10(15)16/h4-5,8,12,14H,2-3,6-7H2,1H3,(H,15,16). The number of hydrogen-bond donors (Lipinski definition) is 3. The van der Waals surface area contributed by atoms with Gasteiger partial charge in [0.2, 0.25) is 10.0 Å². The minimum atomic E-state index is -3.83. The molecule has 114 valence electrons. The first-order valence-electron chi connectivity index (χ1n) is 5.75. The van der Waals surface area contributed by atoms with E-state index in [0.717, 1.165) is 6.20 Å². The van der Waals surface area contributed by atoms with Crippen LogP contribution < -0.4 is 4.72 Å². The number of methoxy groups -OCH3 is 1. The van der Waals surface area contributed by atoms with Gasteiger partial charge in [-0.2, -0.15) is 5.10 Å². The van der Waals surface area contributed by atoms with E-state index in [2.05, 4.69) is 9.82 Å². The molecular formula is C10H17N3O6S. The first kappa shape index (κ1) is 16.6. The smallest absolute Gasteiger partial charge is 0.305 e. The fraction of sp³-hybridized carbons (Fsp3) is 0.600. The van der Waals surface area contributed by atoms with Gasteiger partial charge in [-0.15, -0.1) is 0 Å². The van der Waals surface area contributed by atoms with Crippen LogP contribution in [0.5, 0.6) is 0 Å². The van der Waals surface area contributed by atoms with Crippen LogP contribution >= 0.6 is 0 Å². The third kappa shape index (κ3) is 4.89. The highest BCUT2D eigenvalue weighted by molar-refractivity contribution is 7.89. The number of nitrogens with one attached hydrogen (secondary N) is 1. The van der Waals surface area contributed by atoms with E-state index in [4.69, 9.17) is 14.9 Å². The summed E-state index contributed by atoms with van der Waals surface area (Å²) in [6, 6.07) is -0.757. The van der Waals surface area contributed by atoms with Crippen LogP contribution in [0, 0.1) is 0 Å². The van der Waals surface area contributed by atoms with Gasteiger partial charge in [0.1, 0.15) is 4.90 Å². The average Bonchev–Trinajstić information content (AvgIpc) is 2.85. The Morgan fingerprint density at radius 3 is 2.85 bits per heavy atom. The van der Waals surface area contributed by atoms with Gasteiger partial charge in [0, 0.05) is 13.3 Å². The second-order valence-corrected chi connectivity index (χ2v) is 5.75. The molecule has 1 aromatic heterocycles. The number of hydrogen-bond acceptors (Lipinski definition) is 6. The molecule has 0 aliphatic carbocycles. The van der Waals surface area contributed by atoms with E-state index in [0.29, 0.717) is 0 Å². The highest BCUT2D eigenvalue weighted by atomic mass is 32.2. The van der Waals surface area contributed by atoms with E-state index >= 15 is 0 Å². The van der Waals surface area contributed by atoms with Gasteiger partial charge in [-0.05, 0) is 0 Å². The molecule has 20 heavy (non-hydrogen) atoms. The number of aromatic nitrogens is 2. The summed E-state index contributed by atoms with van der Waals surface area (Å²) in [6.45, 7) is -0.296. The summed E-state index contributed by atoms with van der Waals surface area (Å²) in [5.41, 5.74) is 0. The number of carbonyl (C=O) groups is 1. The van der Waals surface area contributed by atoms with Crippen LogP contribution in [-0.4, -0.2) is 60.7 Å². The Kier molecular flexibility index (Phi) is 6.07. The van der Waals surface area contributed by atoms with E-state index < -0.39 is 28.6 Å². The van der Waals surface area contributed by atoms with Crippen LogP contribution in [0.3, 0.4) is 0 Å². The van der Waals surface area contributed by atoms with Crippen LogP contribution in [0.4, 0.5) is 0 Å². The van der Waals surface area contributed by atoms with Crippen LogP contribution in [0.25, 0.3) is 0 Å². The van der Waals surface area contributed by atoms with Crippen LogP contribution in [0.2, 0.25) is 0 Å². The maximum Gasteiger partial charge on any atom is 0.305 e. The number of aliphatic carboxylic acids is 1. The Labute approximate surface area is 116 Å². The number of ether oxygens (including phenoxy) is 1. The normalized spacial score (nSPS) is 13.3.